The van der Waals surface area contributed by atoms with Gasteiger partial charge in [-0.05, 0) is 33.0 Å². The summed E-state index contributed by atoms with van der Waals surface area (Å²) in [5.74, 6) is -0.146. The molecule has 0 N–H and O–H groups in total. The molecule has 102 valence electrons. The molecule has 0 aliphatic rings. The molecule has 0 spiro atoms. The van der Waals surface area contributed by atoms with Crippen molar-refractivity contribution >= 4 is 11.7 Å². The van der Waals surface area contributed by atoms with Crippen LogP contribution in [0.1, 0.15) is 41.0 Å². The first kappa shape index (κ1) is 18.5. The molecule has 0 saturated heterocycles. The second-order valence-corrected chi connectivity index (χ2v) is 4.07. The summed E-state index contributed by atoms with van der Waals surface area (Å²) >= 11 is 0. The molecule has 0 saturated carbocycles. The van der Waals surface area contributed by atoms with Gasteiger partial charge >= 0.3 is 0 Å². The number of carbonyl (C=O) groups excluding carboxylic acids is 2. The predicted octanol–water partition coefficient (Wildman–Crippen LogP) is 1.79. The molecule has 0 fully saturated rings. The first-order valence-corrected chi connectivity index (χ1v) is 5.97. The Morgan fingerprint density at radius 1 is 1.06 bits per heavy atom. The minimum Gasteiger partial charge on any atom is -0.345 e. The summed E-state index contributed by atoms with van der Waals surface area (Å²) in [6.45, 7) is 9.53. The molecule has 0 heterocycles. The Kier molecular flexibility index (Phi) is 11.2. The van der Waals surface area contributed by atoms with Crippen LogP contribution < -0.4 is 0 Å². The fourth-order valence-electron chi connectivity index (χ4n) is 1.54. The summed E-state index contributed by atoms with van der Waals surface area (Å²) in [5.41, 5.74) is 0. The van der Waals surface area contributed by atoms with E-state index >= 15 is 0 Å². The normalized spacial score (nSPS) is 9.94. The molecule has 0 aromatic carbocycles. The van der Waals surface area contributed by atoms with Crippen molar-refractivity contribution in [2.24, 2.45) is 0 Å². The summed E-state index contributed by atoms with van der Waals surface area (Å²) in [7, 11) is 1.76. The van der Waals surface area contributed by atoms with Gasteiger partial charge in [0.2, 0.25) is 5.91 Å². The topological polar surface area (TPSA) is 40.6 Å². The Balaban J connectivity index is 0. The third kappa shape index (κ3) is 8.86. The molecule has 0 aromatic rings. The lowest BCUT2D eigenvalue weighted by Gasteiger charge is -2.21. The Labute approximate surface area is 106 Å². The van der Waals surface area contributed by atoms with Crippen LogP contribution in [0.25, 0.3) is 0 Å². The summed E-state index contributed by atoms with van der Waals surface area (Å²) in [5, 5.41) is 0. The maximum absolute atomic E-state index is 11.5. The third-order valence-corrected chi connectivity index (χ3v) is 2.69. The number of carbonyl (C=O) groups is 2. The van der Waals surface area contributed by atoms with Crippen LogP contribution in [-0.2, 0) is 9.59 Å². The maximum Gasteiger partial charge on any atom is 0.229 e. The molecule has 0 radical (unpaired) electrons. The first-order valence-electron chi connectivity index (χ1n) is 5.97. The lowest BCUT2D eigenvalue weighted by atomic mass is 10.2. The third-order valence-electron chi connectivity index (χ3n) is 2.69. The molecule has 17 heavy (non-hydrogen) atoms. The highest BCUT2D eigenvalue weighted by Gasteiger charge is 2.10. The smallest absolute Gasteiger partial charge is 0.229 e. The number of Topliss-reactive ketones (excluding diaryl/α,β-unsaturated/α-hetero) is 1. The van der Waals surface area contributed by atoms with Gasteiger partial charge in [-0.25, -0.2) is 0 Å². The van der Waals surface area contributed by atoms with Crippen LogP contribution in [0.5, 0.6) is 0 Å². The van der Waals surface area contributed by atoms with Gasteiger partial charge in [0.05, 0.1) is 6.42 Å². The predicted molar refractivity (Wildman–Crippen MR) is 72.1 cm³/mol. The highest BCUT2D eigenvalue weighted by atomic mass is 16.2. The lowest BCUT2D eigenvalue weighted by Crippen LogP contribution is -2.32. The van der Waals surface area contributed by atoms with Crippen LogP contribution in [0.3, 0.4) is 0 Å². The monoisotopic (exact) mass is 244 g/mol. The molecular formula is C13H28N2O2. The van der Waals surface area contributed by atoms with E-state index in [1.54, 1.807) is 11.9 Å². The summed E-state index contributed by atoms with van der Waals surface area (Å²) < 4.78 is 0. The fraction of sp³-hybridized carbons (Fsp3) is 0.846. The van der Waals surface area contributed by atoms with Crippen molar-refractivity contribution in [1.29, 1.82) is 0 Å². The minimum atomic E-state index is -0.0768. The quantitative estimate of drug-likeness (QED) is 0.611. The van der Waals surface area contributed by atoms with E-state index < -0.39 is 0 Å². The maximum atomic E-state index is 11.5. The van der Waals surface area contributed by atoms with Gasteiger partial charge in [0.25, 0.3) is 0 Å². The molecular weight excluding hydrogens is 216 g/mol. The van der Waals surface area contributed by atoms with Crippen molar-refractivity contribution in [3.05, 3.63) is 0 Å². The van der Waals surface area contributed by atoms with E-state index in [4.69, 9.17) is 0 Å². The largest absolute Gasteiger partial charge is 0.345 e. The van der Waals surface area contributed by atoms with Gasteiger partial charge in [-0.15, -0.1) is 0 Å². The van der Waals surface area contributed by atoms with E-state index in [1.807, 2.05) is 0 Å². The average Bonchev–Trinajstić information content (AvgIpc) is 2.23. The van der Waals surface area contributed by atoms with E-state index in [0.29, 0.717) is 0 Å². The van der Waals surface area contributed by atoms with Crippen molar-refractivity contribution < 1.29 is 9.59 Å². The molecule has 1 amide bonds. The van der Waals surface area contributed by atoms with Crippen molar-refractivity contribution in [2.45, 2.75) is 41.0 Å². The van der Waals surface area contributed by atoms with E-state index in [9.17, 15) is 9.59 Å². The van der Waals surface area contributed by atoms with Gasteiger partial charge in [-0.3, -0.25) is 9.59 Å². The highest BCUT2D eigenvalue weighted by Crippen LogP contribution is 1.96. The number of hydrogen-bond donors (Lipinski definition) is 0. The van der Waals surface area contributed by atoms with Crippen LogP contribution in [0.15, 0.2) is 0 Å². The number of hydrogen-bond acceptors (Lipinski definition) is 3. The zero-order chi connectivity index (χ0) is 12.6. The molecule has 0 unspecified atom stereocenters. The van der Waals surface area contributed by atoms with Gasteiger partial charge in [0, 0.05) is 13.6 Å². The van der Waals surface area contributed by atoms with Crippen LogP contribution in [0, 0.1) is 0 Å². The molecule has 0 aromatic heterocycles. The zero-order valence-electron chi connectivity index (χ0n) is 11.0. The van der Waals surface area contributed by atoms with Crippen molar-refractivity contribution in [2.75, 3.05) is 33.2 Å². The van der Waals surface area contributed by atoms with Crippen LogP contribution in [0.2, 0.25) is 0 Å². The fourth-order valence-corrected chi connectivity index (χ4v) is 1.54. The molecule has 0 bridgehead atoms. The summed E-state index contributed by atoms with van der Waals surface area (Å²) in [6, 6.07) is 0. The van der Waals surface area contributed by atoms with E-state index in [1.165, 1.54) is 6.92 Å². The summed E-state index contributed by atoms with van der Waals surface area (Å²) in [6.07, 6.45) is 0.990. The molecule has 4 nitrogen and oxygen atoms in total. The average molecular weight is 244 g/mol. The van der Waals surface area contributed by atoms with Gasteiger partial charge in [0.1, 0.15) is 5.78 Å². The van der Waals surface area contributed by atoms with E-state index in [2.05, 4.69) is 18.7 Å². The number of rotatable bonds is 8. The van der Waals surface area contributed by atoms with E-state index in [0.717, 1.165) is 32.6 Å². The Morgan fingerprint density at radius 3 is 2.00 bits per heavy atom. The molecule has 0 atom stereocenters. The molecule has 4 heteroatoms. The zero-order valence-corrected chi connectivity index (χ0v) is 11.0. The second kappa shape index (κ2) is 10.3. The molecule has 0 rings (SSSR count). The Hall–Kier alpha value is -0.900. The van der Waals surface area contributed by atoms with Crippen LogP contribution in [-0.4, -0.2) is 54.7 Å². The first-order chi connectivity index (χ1) is 7.51. The van der Waals surface area contributed by atoms with Crippen molar-refractivity contribution in [1.82, 2.24) is 9.80 Å². The Morgan fingerprint density at radius 2 is 1.59 bits per heavy atom. The second-order valence-electron chi connectivity index (χ2n) is 4.07. The minimum absolute atomic E-state index is 0. The number of amides is 1. The van der Waals surface area contributed by atoms with Gasteiger partial charge in [0.15, 0.2) is 0 Å². The number of nitrogens with zero attached hydrogens (tertiary/aromatic N) is 2. The van der Waals surface area contributed by atoms with Gasteiger partial charge in [-0.2, -0.15) is 0 Å². The molecule has 0 aliphatic carbocycles. The van der Waals surface area contributed by atoms with Gasteiger partial charge < -0.3 is 9.80 Å². The van der Waals surface area contributed by atoms with Crippen LogP contribution >= 0.6 is 0 Å². The van der Waals surface area contributed by atoms with Crippen molar-refractivity contribution in [3.63, 3.8) is 0 Å². The molecule has 0 aliphatic heterocycles. The van der Waals surface area contributed by atoms with Gasteiger partial charge in [-0.1, -0.05) is 21.3 Å². The van der Waals surface area contributed by atoms with Crippen LogP contribution in [0.4, 0.5) is 0 Å². The highest BCUT2D eigenvalue weighted by molar-refractivity contribution is 5.96. The standard InChI is InChI=1S/C12H24N2O2.CH4/c1-5-14(6-2)9-7-8-13(4)12(16)10-11(3)15;/h5-10H2,1-4H3;1H4. The van der Waals surface area contributed by atoms with E-state index in [-0.39, 0.29) is 25.5 Å². The summed E-state index contributed by atoms with van der Waals surface area (Å²) in [4.78, 5) is 26.2. The van der Waals surface area contributed by atoms with Crippen molar-refractivity contribution in [3.8, 4) is 0 Å². The Bertz CT molecular complexity index is 225. The SMILES string of the molecule is C.CCN(CC)CCCN(C)C(=O)CC(C)=O. The number of ketones is 1. The lowest BCUT2D eigenvalue weighted by molar-refractivity contribution is -0.133.